The molecule has 1 spiro atoms. The van der Waals surface area contributed by atoms with E-state index in [-0.39, 0.29) is 5.41 Å². The fraction of sp³-hybridized carbons (Fsp3) is 0.560. The largest absolute Gasteiger partial charge is 0.493 e. The smallest absolute Gasteiger partial charge is 0.228 e. The first kappa shape index (κ1) is 21.8. The molecule has 1 aromatic heterocycles. The minimum absolute atomic E-state index is 0.201. The number of rotatable bonds is 4. The van der Waals surface area contributed by atoms with Crippen LogP contribution in [-0.2, 0) is 4.79 Å². The Morgan fingerprint density at radius 1 is 0.909 bits per heavy atom. The molecule has 2 fully saturated rings. The van der Waals surface area contributed by atoms with E-state index >= 15 is 0 Å². The van der Waals surface area contributed by atoms with Crippen molar-refractivity contribution < 1.29 is 14.3 Å². The first-order valence-corrected chi connectivity index (χ1v) is 11.9. The summed E-state index contributed by atoms with van der Waals surface area (Å²) in [6.07, 6.45) is 9.87. The summed E-state index contributed by atoms with van der Waals surface area (Å²) in [7, 11) is 3.20. The average molecular weight is 452 g/mol. The highest BCUT2D eigenvalue weighted by Gasteiger charge is 2.39. The summed E-state index contributed by atoms with van der Waals surface area (Å²) in [5.41, 5.74) is 8.45. The van der Waals surface area contributed by atoms with Gasteiger partial charge in [-0.2, -0.15) is 4.98 Å². The van der Waals surface area contributed by atoms with Crippen LogP contribution in [-0.4, -0.2) is 61.0 Å². The van der Waals surface area contributed by atoms with E-state index in [1.54, 1.807) is 14.2 Å². The summed E-state index contributed by atoms with van der Waals surface area (Å²) in [5, 5.41) is 0.749. The number of nitrogen functional groups attached to an aromatic ring is 1. The molecule has 1 aliphatic heterocycles. The number of benzene rings is 1. The van der Waals surface area contributed by atoms with E-state index in [2.05, 4.69) is 14.8 Å². The lowest BCUT2D eigenvalue weighted by Gasteiger charge is -2.44. The molecular formula is C25H33N5O3. The normalized spacial score (nSPS) is 20.8. The van der Waals surface area contributed by atoms with Crippen molar-refractivity contribution in [3.8, 4) is 11.5 Å². The molecule has 1 aromatic carbocycles. The van der Waals surface area contributed by atoms with E-state index in [0.717, 1.165) is 49.9 Å². The van der Waals surface area contributed by atoms with Gasteiger partial charge in [0.2, 0.25) is 5.95 Å². The number of hydrogen-bond donors (Lipinski definition) is 1. The van der Waals surface area contributed by atoms with Gasteiger partial charge in [0.15, 0.2) is 17.3 Å². The third kappa shape index (κ3) is 4.18. The van der Waals surface area contributed by atoms with Crippen LogP contribution >= 0.6 is 0 Å². The predicted octanol–water partition coefficient (Wildman–Crippen LogP) is 3.55. The highest BCUT2D eigenvalue weighted by atomic mass is 16.5. The third-order valence-corrected chi connectivity index (χ3v) is 7.53. The zero-order valence-corrected chi connectivity index (χ0v) is 19.6. The van der Waals surface area contributed by atoms with Crippen molar-refractivity contribution in [2.24, 2.45) is 5.41 Å². The molecule has 1 saturated carbocycles. The van der Waals surface area contributed by atoms with E-state index < -0.39 is 0 Å². The van der Waals surface area contributed by atoms with Crippen LogP contribution in [0.2, 0.25) is 0 Å². The SMILES string of the molecule is COc1cc2nc(N3CCN(C4=CC(=O)CC5(CCCCC5)C4)CC3)nc(N)c2cc1OC. The van der Waals surface area contributed by atoms with E-state index in [1.165, 1.54) is 37.8 Å². The minimum atomic E-state index is 0.201. The molecule has 3 aliphatic rings. The minimum Gasteiger partial charge on any atom is -0.493 e. The molecule has 5 rings (SSSR count). The van der Waals surface area contributed by atoms with Crippen LogP contribution < -0.4 is 20.1 Å². The molecule has 0 unspecified atom stereocenters. The predicted molar refractivity (Wildman–Crippen MR) is 129 cm³/mol. The highest BCUT2D eigenvalue weighted by molar-refractivity contribution is 5.92. The van der Waals surface area contributed by atoms with E-state index in [4.69, 9.17) is 20.2 Å². The first-order chi connectivity index (χ1) is 16.0. The average Bonchev–Trinajstić information content (AvgIpc) is 2.83. The summed E-state index contributed by atoms with van der Waals surface area (Å²) in [5.74, 6) is 2.58. The van der Waals surface area contributed by atoms with Gasteiger partial charge >= 0.3 is 0 Å². The summed E-state index contributed by atoms with van der Waals surface area (Å²) in [4.78, 5) is 26.5. The molecule has 8 nitrogen and oxygen atoms in total. The van der Waals surface area contributed by atoms with Crippen LogP contribution in [0.5, 0.6) is 11.5 Å². The lowest BCUT2D eigenvalue weighted by Crippen LogP contribution is -2.48. The number of piperazine rings is 1. The summed E-state index contributed by atoms with van der Waals surface area (Å²) >= 11 is 0. The standard InChI is InChI=1S/C25H33N5O3/c1-32-21-13-19-20(14-22(21)33-2)27-24(28-23(19)26)30-10-8-29(9-11-30)17-12-18(31)16-25(15-17)6-4-3-5-7-25/h12-14H,3-11,15-16H2,1-2H3,(H2,26,27,28). The Balaban J connectivity index is 1.32. The molecule has 33 heavy (non-hydrogen) atoms. The van der Waals surface area contributed by atoms with Gasteiger partial charge in [0.25, 0.3) is 0 Å². The summed E-state index contributed by atoms with van der Waals surface area (Å²) in [6, 6.07) is 3.66. The highest BCUT2D eigenvalue weighted by Crippen LogP contribution is 2.47. The lowest BCUT2D eigenvalue weighted by atomic mass is 9.66. The van der Waals surface area contributed by atoms with Crippen LogP contribution in [0.25, 0.3) is 10.9 Å². The van der Waals surface area contributed by atoms with Crippen molar-refractivity contribution in [2.45, 2.75) is 44.9 Å². The fourth-order valence-electron chi connectivity index (χ4n) is 5.76. The maximum absolute atomic E-state index is 12.6. The monoisotopic (exact) mass is 451 g/mol. The number of nitrogens with two attached hydrogens (primary N) is 1. The second-order valence-corrected chi connectivity index (χ2v) is 9.62. The van der Waals surface area contributed by atoms with E-state index in [9.17, 15) is 4.79 Å². The van der Waals surface area contributed by atoms with Crippen molar-refractivity contribution >= 4 is 28.5 Å². The Kier molecular flexibility index (Phi) is 5.76. The van der Waals surface area contributed by atoms with Gasteiger partial charge in [-0.1, -0.05) is 19.3 Å². The van der Waals surface area contributed by atoms with Crippen LogP contribution in [0.4, 0.5) is 11.8 Å². The number of nitrogens with zero attached hydrogens (tertiary/aromatic N) is 4. The van der Waals surface area contributed by atoms with E-state index in [0.29, 0.717) is 29.0 Å². The van der Waals surface area contributed by atoms with Gasteiger partial charge < -0.3 is 25.0 Å². The van der Waals surface area contributed by atoms with Gasteiger partial charge in [0.1, 0.15) is 5.82 Å². The molecule has 2 heterocycles. The molecule has 0 bridgehead atoms. The number of allylic oxidation sites excluding steroid dienone is 2. The van der Waals surface area contributed by atoms with Crippen molar-refractivity contribution in [1.29, 1.82) is 0 Å². The number of carbonyl (C=O) groups is 1. The fourth-order valence-corrected chi connectivity index (χ4v) is 5.76. The molecule has 0 amide bonds. The number of ketones is 1. The van der Waals surface area contributed by atoms with Crippen LogP contribution in [0.1, 0.15) is 44.9 Å². The molecule has 0 atom stereocenters. The first-order valence-electron chi connectivity index (χ1n) is 11.9. The molecule has 2 aliphatic carbocycles. The Hall–Kier alpha value is -3.03. The zero-order chi connectivity index (χ0) is 23.0. The molecule has 1 saturated heterocycles. The Bertz CT molecular complexity index is 1090. The van der Waals surface area contributed by atoms with Crippen molar-refractivity contribution in [3.63, 3.8) is 0 Å². The topological polar surface area (TPSA) is 93.8 Å². The van der Waals surface area contributed by atoms with Crippen LogP contribution in [0.15, 0.2) is 23.9 Å². The van der Waals surface area contributed by atoms with E-state index in [1.807, 2.05) is 18.2 Å². The number of fused-ring (bicyclic) bond motifs is 1. The van der Waals surface area contributed by atoms with Gasteiger partial charge in [-0.25, -0.2) is 4.98 Å². The third-order valence-electron chi connectivity index (χ3n) is 7.53. The molecule has 2 N–H and O–H groups in total. The van der Waals surface area contributed by atoms with Gasteiger partial charge in [0, 0.05) is 55.8 Å². The number of aromatic nitrogens is 2. The number of methoxy groups -OCH3 is 2. The van der Waals surface area contributed by atoms with Crippen LogP contribution in [0.3, 0.4) is 0 Å². The van der Waals surface area contributed by atoms with Crippen molar-refractivity contribution in [1.82, 2.24) is 14.9 Å². The van der Waals surface area contributed by atoms with Crippen molar-refractivity contribution in [3.05, 3.63) is 23.9 Å². The number of anilines is 2. The Morgan fingerprint density at radius 3 is 2.27 bits per heavy atom. The number of carbonyl (C=O) groups excluding carboxylic acids is 1. The lowest BCUT2D eigenvalue weighted by molar-refractivity contribution is -0.118. The number of ether oxygens (including phenoxy) is 2. The Labute approximate surface area is 194 Å². The maximum atomic E-state index is 12.6. The van der Waals surface area contributed by atoms with Crippen LogP contribution in [0, 0.1) is 5.41 Å². The summed E-state index contributed by atoms with van der Waals surface area (Å²) < 4.78 is 10.8. The molecule has 176 valence electrons. The molecular weight excluding hydrogens is 418 g/mol. The molecule has 8 heteroatoms. The zero-order valence-electron chi connectivity index (χ0n) is 19.6. The van der Waals surface area contributed by atoms with Gasteiger partial charge in [-0.15, -0.1) is 0 Å². The van der Waals surface area contributed by atoms with Crippen molar-refractivity contribution in [2.75, 3.05) is 51.0 Å². The second kappa shape index (κ2) is 8.72. The Morgan fingerprint density at radius 2 is 1.58 bits per heavy atom. The maximum Gasteiger partial charge on any atom is 0.228 e. The van der Waals surface area contributed by atoms with Gasteiger partial charge in [0.05, 0.1) is 19.7 Å². The summed E-state index contributed by atoms with van der Waals surface area (Å²) in [6.45, 7) is 3.28. The quantitative estimate of drug-likeness (QED) is 0.754. The molecule has 0 radical (unpaired) electrons. The number of hydrogen-bond acceptors (Lipinski definition) is 8. The molecule has 2 aromatic rings. The van der Waals surface area contributed by atoms with Gasteiger partial charge in [-0.05, 0) is 30.7 Å². The van der Waals surface area contributed by atoms with Gasteiger partial charge in [-0.3, -0.25) is 4.79 Å². The second-order valence-electron chi connectivity index (χ2n) is 9.62.